The van der Waals surface area contributed by atoms with Gasteiger partial charge in [-0.2, -0.15) is 0 Å². The lowest BCUT2D eigenvalue weighted by Crippen LogP contribution is -2.32. The molecule has 0 aliphatic carbocycles. The van der Waals surface area contributed by atoms with Crippen LogP contribution in [0.3, 0.4) is 0 Å². The van der Waals surface area contributed by atoms with Crippen LogP contribution < -0.4 is 5.73 Å². The maximum absolute atomic E-state index is 6.01. The number of nitrogens with two attached hydrogens (primary N) is 1. The van der Waals surface area contributed by atoms with Gasteiger partial charge < -0.3 is 5.73 Å². The Hall–Kier alpha value is -1.74. The molecule has 0 saturated heterocycles. The summed E-state index contributed by atoms with van der Waals surface area (Å²) in [6, 6.07) is 10.5. The summed E-state index contributed by atoms with van der Waals surface area (Å²) in [5.41, 5.74) is 9.29. The molecule has 2 N–H and O–H groups in total. The van der Waals surface area contributed by atoms with Gasteiger partial charge in [0.1, 0.15) is 5.82 Å². The monoisotopic (exact) mass is 269 g/mol. The third-order valence-electron chi connectivity index (χ3n) is 3.36. The van der Waals surface area contributed by atoms with Gasteiger partial charge in [0.15, 0.2) is 0 Å². The second-order valence-electron chi connectivity index (χ2n) is 5.90. The lowest BCUT2D eigenvalue weighted by Gasteiger charge is -2.17. The van der Waals surface area contributed by atoms with Crippen molar-refractivity contribution in [2.75, 3.05) is 0 Å². The molecule has 0 amide bonds. The molecular weight excluding hydrogens is 246 g/mol. The molecule has 0 radical (unpaired) electrons. The smallest absolute Gasteiger partial charge is 0.129 e. The number of aryl methyl sites for hydroxylation is 2. The number of aromatic nitrogens is 2. The van der Waals surface area contributed by atoms with Crippen molar-refractivity contribution < 1.29 is 0 Å². The molecule has 3 nitrogen and oxygen atoms in total. The standard InChI is InChI=1S/C17H23N3/c1-4-13-5-7-14(8-6-13)15-10-12-19-16(20-15)9-11-17(2,3)18/h5-8,10,12H,4,9,11,18H2,1-3H3. The van der Waals surface area contributed by atoms with Crippen molar-refractivity contribution in [1.29, 1.82) is 0 Å². The Bertz CT molecular complexity index is 553. The number of hydrogen-bond acceptors (Lipinski definition) is 3. The highest BCUT2D eigenvalue weighted by Gasteiger charge is 2.12. The summed E-state index contributed by atoms with van der Waals surface area (Å²) in [5.74, 6) is 0.862. The summed E-state index contributed by atoms with van der Waals surface area (Å²) in [6.45, 7) is 6.22. The molecule has 3 heteroatoms. The van der Waals surface area contributed by atoms with Crippen LogP contribution in [0.15, 0.2) is 36.5 Å². The molecule has 0 atom stereocenters. The predicted molar refractivity (Wildman–Crippen MR) is 83.4 cm³/mol. The predicted octanol–water partition coefficient (Wildman–Crippen LogP) is 3.38. The highest BCUT2D eigenvalue weighted by atomic mass is 14.9. The third-order valence-corrected chi connectivity index (χ3v) is 3.36. The third kappa shape index (κ3) is 4.14. The molecule has 1 heterocycles. The summed E-state index contributed by atoms with van der Waals surface area (Å²) in [6.07, 6.45) is 4.57. The molecule has 1 aromatic carbocycles. The van der Waals surface area contributed by atoms with E-state index < -0.39 is 0 Å². The highest BCUT2D eigenvalue weighted by molar-refractivity contribution is 5.58. The maximum Gasteiger partial charge on any atom is 0.129 e. The first kappa shape index (κ1) is 14.7. The minimum Gasteiger partial charge on any atom is -0.326 e. The van der Waals surface area contributed by atoms with Crippen LogP contribution >= 0.6 is 0 Å². The average molecular weight is 269 g/mol. The van der Waals surface area contributed by atoms with E-state index >= 15 is 0 Å². The van der Waals surface area contributed by atoms with Crippen molar-refractivity contribution in [2.45, 2.75) is 45.6 Å². The Morgan fingerprint density at radius 2 is 1.80 bits per heavy atom. The van der Waals surface area contributed by atoms with Gasteiger partial charge in [-0.25, -0.2) is 9.97 Å². The minimum atomic E-state index is -0.178. The lowest BCUT2D eigenvalue weighted by atomic mass is 10.00. The average Bonchev–Trinajstić information content (AvgIpc) is 2.45. The molecule has 1 aromatic heterocycles. The van der Waals surface area contributed by atoms with E-state index in [1.54, 1.807) is 0 Å². The zero-order chi connectivity index (χ0) is 14.6. The zero-order valence-electron chi connectivity index (χ0n) is 12.6. The molecule has 106 valence electrons. The Kier molecular flexibility index (Phi) is 4.50. The summed E-state index contributed by atoms with van der Waals surface area (Å²) in [5, 5.41) is 0. The lowest BCUT2D eigenvalue weighted by molar-refractivity contribution is 0.471. The first-order valence-corrected chi connectivity index (χ1v) is 7.18. The van der Waals surface area contributed by atoms with Gasteiger partial charge in [-0.3, -0.25) is 0 Å². The van der Waals surface area contributed by atoms with Gasteiger partial charge in [-0.15, -0.1) is 0 Å². The second-order valence-corrected chi connectivity index (χ2v) is 5.90. The Morgan fingerprint density at radius 1 is 1.10 bits per heavy atom. The fraction of sp³-hybridized carbons (Fsp3) is 0.412. The van der Waals surface area contributed by atoms with E-state index in [-0.39, 0.29) is 5.54 Å². The van der Waals surface area contributed by atoms with Crippen molar-refractivity contribution in [3.8, 4) is 11.3 Å². The van der Waals surface area contributed by atoms with E-state index in [1.165, 1.54) is 5.56 Å². The molecule has 0 aliphatic heterocycles. The highest BCUT2D eigenvalue weighted by Crippen LogP contribution is 2.18. The van der Waals surface area contributed by atoms with Crippen LogP contribution in [0.1, 0.15) is 38.6 Å². The largest absolute Gasteiger partial charge is 0.326 e. The number of rotatable bonds is 5. The summed E-state index contributed by atoms with van der Waals surface area (Å²) < 4.78 is 0. The molecule has 0 aliphatic rings. The van der Waals surface area contributed by atoms with Crippen molar-refractivity contribution >= 4 is 0 Å². The Labute approximate surface area is 121 Å². The molecule has 20 heavy (non-hydrogen) atoms. The second kappa shape index (κ2) is 6.14. The van der Waals surface area contributed by atoms with E-state index in [0.29, 0.717) is 0 Å². The topological polar surface area (TPSA) is 51.8 Å². The Morgan fingerprint density at radius 3 is 2.40 bits per heavy atom. The van der Waals surface area contributed by atoms with Crippen LogP contribution in [-0.4, -0.2) is 15.5 Å². The van der Waals surface area contributed by atoms with Gasteiger partial charge in [-0.1, -0.05) is 31.2 Å². The molecule has 0 spiro atoms. The van der Waals surface area contributed by atoms with Crippen molar-refractivity contribution in [1.82, 2.24) is 9.97 Å². The molecule has 0 fully saturated rings. The summed E-state index contributed by atoms with van der Waals surface area (Å²) in [7, 11) is 0. The van der Waals surface area contributed by atoms with Crippen LogP contribution in [0.5, 0.6) is 0 Å². The van der Waals surface area contributed by atoms with Crippen LogP contribution in [0.25, 0.3) is 11.3 Å². The van der Waals surface area contributed by atoms with Gasteiger partial charge >= 0.3 is 0 Å². The zero-order valence-corrected chi connectivity index (χ0v) is 12.6. The van der Waals surface area contributed by atoms with Crippen LogP contribution in [-0.2, 0) is 12.8 Å². The number of benzene rings is 1. The van der Waals surface area contributed by atoms with E-state index in [0.717, 1.165) is 36.3 Å². The van der Waals surface area contributed by atoms with Gasteiger partial charge in [0.2, 0.25) is 0 Å². The molecule has 0 bridgehead atoms. The van der Waals surface area contributed by atoms with Crippen molar-refractivity contribution in [3.63, 3.8) is 0 Å². The Balaban J connectivity index is 2.16. The van der Waals surface area contributed by atoms with E-state index in [2.05, 4.69) is 41.2 Å². The van der Waals surface area contributed by atoms with Gasteiger partial charge in [0.25, 0.3) is 0 Å². The number of nitrogens with zero attached hydrogens (tertiary/aromatic N) is 2. The first-order chi connectivity index (χ1) is 9.48. The van der Waals surface area contributed by atoms with E-state index in [1.807, 2.05) is 26.1 Å². The fourth-order valence-electron chi connectivity index (χ4n) is 2.03. The molecule has 2 rings (SSSR count). The maximum atomic E-state index is 6.01. The van der Waals surface area contributed by atoms with Gasteiger partial charge in [0, 0.05) is 23.7 Å². The van der Waals surface area contributed by atoms with Gasteiger partial charge in [0.05, 0.1) is 5.69 Å². The quantitative estimate of drug-likeness (QED) is 0.905. The number of hydrogen-bond donors (Lipinski definition) is 1. The minimum absolute atomic E-state index is 0.178. The van der Waals surface area contributed by atoms with Gasteiger partial charge in [-0.05, 0) is 38.3 Å². The molecular formula is C17H23N3. The van der Waals surface area contributed by atoms with E-state index in [4.69, 9.17) is 5.73 Å². The SMILES string of the molecule is CCc1ccc(-c2ccnc(CCC(C)(C)N)n2)cc1. The molecule has 0 unspecified atom stereocenters. The van der Waals surface area contributed by atoms with Crippen molar-refractivity contribution in [2.24, 2.45) is 5.73 Å². The first-order valence-electron chi connectivity index (χ1n) is 7.18. The van der Waals surface area contributed by atoms with Crippen LogP contribution in [0.4, 0.5) is 0 Å². The summed E-state index contributed by atoms with van der Waals surface area (Å²) >= 11 is 0. The fourth-order valence-corrected chi connectivity index (χ4v) is 2.03. The van der Waals surface area contributed by atoms with E-state index in [9.17, 15) is 0 Å². The molecule has 2 aromatic rings. The van der Waals surface area contributed by atoms with Crippen LogP contribution in [0, 0.1) is 0 Å². The van der Waals surface area contributed by atoms with Crippen molar-refractivity contribution in [3.05, 3.63) is 47.9 Å². The summed E-state index contributed by atoms with van der Waals surface area (Å²) in [4.78, 5) is 8.97. The molecule has 0 saturated carbocycles. The normalized spacial score (nSPS) is 11.6. The van der Waals surface area contributed by atoms with Crippen LogP contribution in [0.2, 0.25) is 0 Å².